The number of methoxy groups -OCH3 is 1. The minimum Gasteiger partial charge on any atom is -0.493 e. The van der Waals surface area contributed by atoms with Gasteiger partial charge in [0.25, 0.3) is 5.91 Å². The summed E-state index contributed by atoms with van der Waals surface area (Å²) in [4.78, 5) is 37.4. The van der Waals surface area contributed by atoms with E-state index in [-0.39, 0.29) is 23.8 Å². The topological polar surface area (TPSA) is 106 Å². The number of amides is 1. The third-order valence-electron chi connectivity index (χ3n) is 4.56. The molecule has 0 saturated carbocycles. The van der Waals surface area contributed by atoms with E-state index in [0.717, 1.165) is 0 Å². The first kappa shape index (κ1) is 23.6. The summed E-state index contributed by atoms with van der Waals surface area (Å²) in [6.45, 7) is 0.451. The van der Waals surface area contributed by atoms with Crippen LogP contribution in [0.4, 0.5) is 0 Å². The minimum absolute atomic E-state index is 0.0720. The number of hydrogen-bond donors (Lipinski definition) is 1. The second-order valence-corrected chi connectivity index (χ2v) is 8.49. The summed E-state index contributed by atoms with van der Waals surface area (Å²) < 4.78 is 16.1. The van der Waals surface area contributed by atoms with Crippen molar-refractivity contribution in [1.29, 1.82) is 0 Å². The number of ether oxygens (including phenoxy) is 2. The lowest BCUT2D eigenvalue weighted by Gasteiger charge is -2.13. The van der Waals surface area contributed by atoms with E-state index in [1.54, 1.807) is 30.3 Å². The van der Waals surface area contributed by atoms with E-state index in [4.69, 9.17) is 31.2 Å². The Morgan fingerprint density at radius 2 is 2.03 bits per heavy atom. The summed E-state index contributed by atoms with van der Waals surface area (Å²) in [5.74, 6) is -1.04. The molecule has 1 fully saturated rings. The number of carboxylic acids is 1. The van der Waals surface area contributed by atoms with Gasteiger partial charge < -0.3 is 19.0 Å². The van der Waals surface area contributed by atoms with Crippen LogP contribution in [0.5, 0.6) is 11.5 Å². The maximum atomic E-state index is 12.7. The molecule has 2 aromatic rings. The Bertz CT molecular complexity index is 1050. The van der Waals surface area contributed by atoms with Crippen LogP contribution >= 0.6 is 24.0 Å². The molecule has 1 saturated heterocycles. The van der Waals surface area contributed by atoms with Crippen LogP contribution in [0.25, 0.3) is 6.08 Å². The molecule has 3 rings (SSSR count). The summed E-state index contributed by atoms with van der Waals surface area (Å²) >= 11 is 6.54. The van der Waals surface area contributed by atoms with Crippen molar-refractivity contribution in [3.8, 4) is 11.5 Å². The van der Waals surface area contributed by atoms with Crippen LogP contribution in [0.3, 0.4) is 0 Å². The maximum absolute atomic E-state index is 12.7. The Morgan fingerprint density at radius 1 is 1.22 bits per heavy atom. The number of carbonyl (C=O) groups excluding carboxylic acids is 2. The normalized spacial score (nSPS) is 14.8. The lowest BCUT2D eigenvalue weighted by Crippen LogP contribution is -2.29. The first-order chi connectivity index (χ1) is 15.4. The number of rotatable bonds is 10. The standard InChI is InChI=1S/C22H21NO7S2/c1-28-17-12-14(8-9-15(17)30-21(27)16-6-5-11-29-16)13-18-20(26)23(22(31)32-18)10-4-2-3-7-19(24)25/h5-6,8-9,11-13H,2-4,7,10H2,1H3,(H,24,25). The predicted molar refractivity (Wildman–Crippen MR) is 123 cm³/mol. The molecule has 0 bridgehead atoms. The van der Waals surface area contributed by atoms with Crippen molar-refractivity contribution in [2.45, 2.75) is 25.7 Å². The molecule has 2 heterocycles. The molecule has 1 aliphatic heterocycles. The number of hydrogen-bond acceptors (Lipinski definition) is 8. The van der Waals surface area contributed by atoms with Crippen LogP contribution in [0, 0.1) is 0 Å². The highest BCUT2D eigenvalue weighted by atomic mass is 32.2. The third-order valence-corrected chi connectivity index (χ3v) is 5.93. The molecule has 0 unspecified atom stereocenters. The fourth-order valence-corrected chi connectivity index (χ4v) is 4.28. The summed E-state index contributed by atoms with van der Waals surface area (Å²) in [6.07, 6.45) is 5.14. The molecule has 1 N–H and O–H groups in total. The zero-order chi connectivity index (χ0) is 23.1. The van der Waals surface area contributed by atoms with E-state index < -0.39 is 11.9 Å². The summed E-state index contributed by atoms with van der Waals surface area (Å²) in [5, 5.41) is 8.69. The van der Waals surface area contributed by atoms with E-state index in [2.05, 4.69) is 0 Å². The number of thioether (sulfide) groups is 1. The number of nitrogens with zero attached hydrogens (tertiary/aromatic N) is 1. The summed E-state index contributed by atoms with van der Waals surface area (Å²) in [7, 11) is 1.45. The van der Waals surface area contributed by atoms with Gasteiger partial charge >= 0.3 is 11.9 Å². The fourth-order valence-electron chi connectivity index (χ4n) is 2.97. The van der Waals surface area contributed by atoms with Crippen molar-refractivity contribution in [2.24, 2.45) is 0 Å². The van der Waals surface area contributed by atoms with Gasteiger partial charge in [-0.05, 0) is 48.7 Å². The van der Waals surface area contributed by atoms with Gasteiger partial charge in [-0.1, -0.05) is 36.5 Å². The number of carbonyl (C=O) groups is 3. The fraction of sp³-hybridized carbons (Fsp3) is 0.273. The van der Waals surface area contributed by atoms with Gasteiger partial charge in [0.15, 0.2) is 11.5 Å². The van der Waals surface area contributed by atoms with Gasteiger partial charge in [-0.25, -0.2) is 4.79 Å². The molecule has 1 aromatic heterocycles. The van der Waals surface area contributed by atoms with Crippen LogP contribution in [0.2, 0.25) is 0 Å². The zero-order valence-corrected chi connectivity index (χ0v) is 18.9. The zero-order valence-electron chi connectivity index (χ0n) is 17.2. The van der Waals surface area contributed by atoms with Crippen molar-refractivity contribution in [1.82, 2.24) is 4.90 Å². The molecular weight excluding hydrogens is 454 g/mol. The third kappa shape index (κ3) is 5.98. The Kier molecular flexibility index (Phi) is 8.07. The number of aliphatic carboxylic acids is 1. The molecule has 0 spiro atoms. The Labute approximate surface area is 194 Å². The van der Waals surface area contributed by atoms with Gasteiger partial charge in [0.05, 0.1) is 18.3 Å². The molecule has 1 amide bonds. The molecule has 0 radical (unpaired) electrons. The first-order valence-electron chi connectivity index (χ1n) is 9.80. The van der Waals surface area contributed by atoms with Gasteiger partial charge in [-0.3, -0.25) is 14.5 Å². The van der Waals surface area contributed by atoms with E-state index in [1.807, 2.05) is 0 Å². The van der Waals surface area contributed by atoms with Crippen LogP contribution < -0.4 is 9.47 Å². The SMILES string of the molecule is COc1cc(C=C2SC(=S)N(CCCCCC(=O)O)C2=O)ccc1OC(=O)c1ccco1. The molecule has 0 aliphatic carbocycles. The highest BCUT2D eigenvalue weighted by Gasteiger charge is 2.31. The second-order valence-electron chi connectivity index (χ2n) is 6.81. The van der Waals surface area contributed by atoms with Crippen molar-refractivity contribution in [3.05, 3.63) is 52.8 Å². The molecule has 8 nitrogen and oxygen atoms in total. The number of esters is 1. The molecule has 10 heteroatoms. The highest BCUT2D eigenvalue weighted by Crippen LogP contribution is 2.35. The summed E-state index contributed by atoms with van der Waals surface area (Å²) in [6, 6.07) is 8.02. The number of benzene rings is 1. The number of thiocarbonyl (C=S) groups is 1. The molecule has 168 valence electrons. The van der Waals surface area contributed by atoms with Crippen LogP contribution in [0.15, 0.2) is 45.9 Å². The second kappa shape index (κ2) is 11.0. The number of furan rings is 1. The van der Waals surface area contributed by atoms with E-state index in [1.165, 1.54) is 36.1 Å². The van der Waals surface area contributed by atoms with Gasteiger partial charge in [0.1, 0.15) is 4.32 Å². The number of unbranched alkanes of at least 4 members (excludes halogenated alkanes) is 2. The lowest BCUT2D eigenvalue weighted by atomic mass is 10.1. The first-order valence-corrected chi connectivity index (χ1v) is 11.0. The average molecular weight is 476 g/mol. The lowest BCUT2D eigenvalue weighted by molar-refractivity contribution is -0.137. The Balaban J connectivity index is 1.65. The van der Waals surface area contributed by atoms with E-state index in [0.29, 0.717) is 46.3 Å². The molecule has 1 aromatic carbocycles. The molecule has 1 aliphatic rings. The van der Waals surface area contributed by atoms with Crippen LogP contribution in [-0.4, -0.2) is 45.8 Å². The van der Waals surface area contributed by atoms with Gasteiger partial charge in [0, 0.05) is 13.0 Å². The Hall–Kier alpha value is -3.11. The number of carboxylic acid groups (broad SMARTS) is 1. The van der Waals surface area contributed by atoms with Gasteiger partial charge in [-0.15, -0.1) is 0 Å². The van der Waals surface area contributed by atoms with Crippen molar-refractivity contribution in [2.75, 3.05) is 13.7 Å². The molecule has 0 atom stereocenters. The molecule has 32 heavy (non-hydrogen) atoms. The quantitative estimate of drug-likeness (QED) is 0.176. The average Bonchev–Trinajstić information content (AvgIpc) is 3.39. The summed E-state index contributed by atoms with van der Waals surface area (Å²) in [5.41, 5.74) is 0.682. The van der Waals surface area contributed by atoms with E-state index in [9.17, 15) is 14.4 Å². The Morgan fingerprint density at radius 3 is 2.72 bits per heavy atom. The van der Waals surface area contributed by atoms with E-state index >= 15 is 0 Å². The van der Waals surface area contributed by atoms with Gasteiger partial charge in [-0.2, -0.15) is 0 Å². The maximum Gasteiger partial charge on any atom is 0.379 e. The largest absolute Gasteiger partial charge is 0.493 e. The van der Waals surface area contributed by atoms with Crippen LogP contribution in [-0.2, 0) is 9.59 Å². The predicted octanol–water partition coefficient (Wildman–Crippen LogP) is 4.35. The minimum atomic E-state index is -0.823. The van der Waals surface area contributed by atoms with Crippen molar-refractivity contribution in [3.63, 3.8) is 0 Å². The van der Waals surface area contributed by atoms with Crippen molar-refractivity contribution < 1.29 is 33.4 Å². The van der Waals surface area contributed by atoms with Gasteiger partial charge in [0.2, 0.25) is 5.76 Å². The highest BCUT2D eigenvalue weighted by molar-refractivity contribution is 8.26. The van der Waals surface area contributed by atoms with Crippen LogP contribution in [0.1, 0.15) is 41.8 Å². The van der Waals surface area contributed by atoms with Crippen molar-refractivity contribution >= 4 is 52.2 Å². The smallest absolute Gasteiger partial charge is 0.379 e. The monoisotopic (exact) mass is 475 g/mol. The molecular formula is C22H21NO7S2.